The van der Waals surface area contributed by atoms with Gasteiger partial charge in [0.1, 0.15) is 11.5 Å². The molecule has 3 aromatic rings. The maximum Gasteiger partial charge on any atom is 0.150 e. The number of rotatable bonds is 12. The Morgan fingerprint density at radius 2 is 1.16 bits per heavy atom. The third kappa shape index (κ3) is 5.09. The van der Waals surface area contributed by atoms with Crippen molar-refractivity contribution in [1.82, 2.24) is 0 Å². The fraction of sp³-hybridized carbons (Fsp3) is 0.333. The molecule has 0 aliphatic heterocycles. The molecule has 0 radical (unpaired) electrons. The van der Waals surface area contributed by atoms with Crippen molar-refractivity contribution in [3.05, 3.63) is 95.6 Å². The number of unbranched alkanes of at least 4 members (excludes halogenated alkanes) is 3. The van der Waals surface area contributed by atoms with Gasteiger partial charge in [-0.05, 0) is 30.5 Å². The molecule has 0 heterocycles. The van der Waals surface area contributed by atoms with Crippen LogP contribution < -0.4 is 9.47 Å². The van der Waals surface area contributed by atoms with Gasteiger partial charge in [0.15, 0.2) is 5.60 Å². The summed E-state index contributed by atoms with van der Waals surface area (Å²) in [6, 6.07) is 26.2. The van der Waals surface area contributed by atoms with E-state index in [1.807, 2.05) is 54.6 Å². The molecule has 1 N–H and O–H groups in total. The Bertz CT molecular complexity index is 876. The highest BCUT2D eigenvalue weighted by molar-refractivity contribution is 5.56. The summed E-state index contributed by atoms with van der Waals surface area (Å²) in [5, 5.41) is 9.05. The van der Waals surface area contributed by atoms with Gasteiger partial charge in [0.2, 0.25) is 0 Å². The van der Waals surface area contributed by atoms with Crippen LogP contribution in [0.5, 0.6) is 11.5 Å². The first-order valence-corrected chi connectivity index (χ1v) is 10.8. The first kappa shape index (κ1) is 22.9. The molecule has 0 amide bonds. The number of hydrogen-bond acceptors (Lipinski definition) is 4. The molecule has 4 heteroatoms. The fourth-order valence-electron chi connectivity index (χ4n) is 4.03. The maximum atomic E-state index is 9.05. The Morgan fingerprint density at radius 3 is 1.71 bits per heavy atom. The molecule has 0 aliphatic carbocycles. The molecule has 0 saturated carbocycles. The molecule has 0 bridgehead atoms. The Balaban J connectivity index is 2.16. The van der Waals surface area contributed by atoms with Gasteiger partial charge >= 0.3 is 0 Å². The van der Waals surface area contributed by atoms with E-state index in [0.29, 0.717) is 6.61 Å². The minimum absolute atomic E-state index is 0.233. The molecule has 31 heavy (non-hydrogen) atoms. The van der Waals surface area contributed by atoms with Gasteiger partial charge in [0.05, 0.1) is 14.2 Å². The van der Waals surface area contributed by atoms with Crippen LogP contribution in [0.1, 0.15) is 42.4 Å². The molecule has 3 aromatic carbocycles. The fourth-order valence-corrected chi connectivity index (χ4v) is 4.03. The zero-order chi connectivity index (χ0) is 21.9. The van der Waals surface area contributed by atoms with Crippen LogP contribution in [-0.2, 0) is 10.3 Å². The Morgan fingerprint density at radius 1 is 0.645 bits per heavy atom. The summed E-state index contributed by atoms with van der Waals surface area (Å²) in [5.74, 6) is 1.52. The lowest BCUT2D eigenvalue weighted by atomic mass is 9.79. The largest absolute Gasteiger partial charge is 0.496 e. The number of benzene rings is 3. The van der Waals surface area contributed by atoms with Crippen LogP contribution >= 0.6 is 0 Å². The third-order valence-electron chi connectivity index (χ3n) is 5.52. The number of ether oxygens (including phenoxy) is 3. The van der Waals surface area contributed by atoms with Crippen LogP contribution in [0.25, 0.3) is 0 Å². The van der Waals surface area contributed by atoms with E-state index in [2.05, 4.69) is 24.3 Å². The molecule has 0 saturated heterocycles. The Kier molecular flexibility index (Phi) is 8.51. The summed E-state index contributed by atoms with van der Waals surface area (Å²) in [5.41, 5.74) is 1.99. The quantitative estimate of drug-likeness (QED) is 0.308. The van der Waals surface area contributed by atoms with E-state index >= 15 is 0 Å². The summed E-state index contributed by atoms with van der Waals surface area (Å²) < 4.78 is 18.4. The maximum absolute atomic E-state index is 9.05. The molecule has 0 fully saturated rings. The smallest absolute Gasteiger partial charge is 0.150 e. The average Bonchev–Trinajstić information content (AvgIpc) is 2.84. The standard InChI is InChI=1S/C27H32O4/c1-29-25-18-10-8-16-23(25)27(22-14-6-5-7-15-22,31-21-13-4-3-12-20-28)24-17-9-11-19-26(24)30-2/h5-11,14-19,28H,3-4,12-13,20-21H2,1-2H3. The van der Waals surface area contributed by atoms with Gasteiger partial charge in [-0.15, -0.1) is 0 Å². The minimum atomic E-state index is -0.891. The summed E-state index contributed by atoms with van der Waals surface area (Å²) in [6.45, 7) is 0.799. The normalized spacial score (nSPS) is 11.3. The second kappa shape index (κ2) is 11.5. The van der Waals surface area contributed by atoms with Gasteiger partial charge < -0.3 is 19.3 Å². The zero-order valence-corrected chi connectivity index (χ0v) is 18.4. The van der Waals surface area contributed by atoms with Crippen LogP contribution in [0.3, 0.4) is 0 Å². The SMILES string of the molecule is COc1ccccc1C(OCCCCCCO)(c1ccccc1)c1ccccc1OC. The van der Waals surface area contributed by atoms with Crippen molar-refractivity contribution < 1.29 is 19.3 Å². The molecule has 0 unspecified atom stereocenters. The minimum Gasteiger partial charge on any atom is -0.496 e. The van der Waals surface area contributed by atoms with Gasteiger partial charge in [-0.1, -0.05) is 79.6 Å². The van der Waals surface area contributed by atoms with E-state index in [-0.39, 0.29) is 6.61 Å². The number of methoxy groups -OCH3 is 2. The first-order valence-electron chi connectivity index (χ1n) is 10.8. The van der Waals surface area contributed by atoms with Gasteiger partial charge in [0, 0.05) is 24.3 Å². The van der Waals surface area contributed by atoms with E-state index < -0.39 is 5.60 Å². The van der Waals surface area contributed by atoms with Crippen molar-refractivity contribution in [2.45, 2.75) is 31.3 Å². The first-order chi connectivity index (χ1) is 15.3. The zero-order valence-electron chi connectivity index (χ0n) is 18.4. The lowest BCUT2D eigenvalue weighted by Gasteiger charge is -2.37. The summed E-state index contributed by atoms with van der Waals surface area (Å²) in [6.07, 6.45) is 3.71. The van der Waals surface area contributed by atoms with Crippen molar-refractivity contribution in [2.24, 2.45) is 0 Å². The highest BCUT2D eigenvalue weighted by atomic mass is 16.5. The topological polar surface area (TPSA) is 47.9 Å². The lowest BCUT2D eigenvalue weighted by Crippen LogP contribution is -2.34. The van der Waals surface area contributed by atoms with Crippen LogP contribution in [0.2, 0.25) is 0 Å². The predicted octanol–water partition coefficient (Wildman–Crippen LogP) is 5.57. The molecule has 0 aliphatic rings. The van der Waals surface area contributed by atoms with Crippen molar-refractivity contribution in [3.8, 4) is 11.5 Å². The second-order valence-corrected chi connectivity index (χ2v) is 7.43. The average molecular weight is 421 g/mol. The summed E-state index contributed by atoms with van der Waals surface area (Å²) in [4.78, 5) is 0. The highest BCUT2D eigenvalue weighted by Crippen LogP contribution is 2.47. The van der Waals surface area contributed by atoms with Crippen molar-refractivity contribution in [3.63, 3.8) is 0 Å². The number of aliphatic hydroxyl groups excluding tert-OH is 1. The van der Waals surface area contributed by atoms with Crippen molar-refractivity contribution in [1.29, 1.82) is 0 Å². The van der Waals surface area contributed by atoms with Gasteiger partial charge in [-0.2, -0.15) is 0 Å². The molecule has 4 nitrogen and oxygen atoms in total. The molecular formula is C27H32O4. The van der Waals surface area contributed by atoms with Crippen molar-refractivity contribution in [2.75, 3.05) is 27.4 Å². The third-order valence-corrected chi connectivity index (χ3v) is 5.52. The van der Waals surface area contributed by atoms with E-state index in [1.54, 1.807) is 14.2 Å². The van der Waals surface area contributed by atoms with Crippen LogP contribution in [-0.4, -0.2) is 32.5 Å². The summed E-state index contributed by atoms with van der Waals surface area (Å²) >= 11 is 0. The van der Waals surface area contributed by atoms with Crippen LogP contribution in [0, 0.1) is 0 Å². The van der Waals surface area contributed by atoms with Crippen molar-refractivity contribution >= 4 is 0 Å². The highest BCUT2D eigenvalue weighted by Gasteiger charge is 2.41. The molecule has 0 spiro atoms. The van der Waals surface area contributed by atoms with E-state index in [4.69, 9.17) is 19.3 Å². The van der Waals surface area contributed by atoms with Gasteiger partial charge in [-0.25, -0.2) is 0 Å². The molecular weight excluding hydrogens is 388 g/mol. The number of aliphatic hydroxyl groups is 1. The lowest BCUT2D eigenvalue weighted by molar-refractivity contribution is 0.00748. The molecule has 3 rings (SSSR count). The van der Waals surface area contributed by atoms with E-state index in [1.165, 1.54) is 0 Å². The van der Waals surface area contributed by atoms with Crippen LogP contribution in [0.4, 0.5) is 0 Å². The second-order valence-electron chi connectivity index (χ2n) is 7.43. The monoisotopic (exact) mass is 420 g/mol. The number of hydrogen-bond donors (Lipinski definition) is 1. The van der Waals surface area contributed by atoms with Crippen LogP contribution in [0.15, 0.2) is 78.9 Å². The molecule has 0 atom stereocenters. The Labute approximate surface area is 185 Å². The number of para-hydroxylation sites is 2. The predicted molar refractivity (Wildman–Crippen MR) is 124 cm³/mol. The van der Waals surface area contributed by atoms with E-state index in [0.717, 1.165) is 53.9 Å². The Hall–Kier alpha value is -2.82. The summed E-state index contributed by atoms with van der Waals surface area (Å²) in [7, 11) is 3.37. The van der Waals surface area contributed by atoms with Gasteiger partial charge in [0.25, 0.3) is 0 Å². The molecule has 0 aromatic heterocycles. The van der Waals surface area contributed by atoms with Gasteiger partial charge in [-0.3, -0.25) is 0 Å². The van der Waals surface area contributed by atoms with E-state index in [9.17, 15) is 0 Å². The molecule has 164 valence electrons.